The van der Waals surface area contributed by atoms with Gasteiger partial charge in [-0.05, 0) is 0 Å². The molecule has 7 heteroatoms. The first-order valence-corrected chi connectivity index (χ1v) is 1.94. The number of hydrogen-bond donors (Lipinski definition) is 1. The normalized spacial score (nSPS) is 0.857. The van der Waals surface area contributed by atoms with Crippen LogP contribution in [0, 0.1) is 0 Å². The summed E-state index contributed by atoms with van der Waals surface area (Å²) in [6.07, 6.45) is 0. The van der Waals surface area contributed by atoms with E-state index in [0.29, 0.717) is 0 Å². The van der Waals surface area contributed by atoms with Crippen molar-refractivity contribution in [2.75, 3.05) is 0 Å². The van der Waals surface area contributed by atoms with Crippen LogP contribution in [0.25, 0.3) is 0 Å². The summed E-state index contributed by atoms with van der Waals surface area (Å²) >= 11 is 1.05. The van der Waals surface area contributed by atoms with Crippen molar-refractivity contribution >= 4 is 23.3 Å². The molecule has 0 unspecified atom stereocenters. The van der Waals surface area contributed by atoms with Crippen molar-refractivity contribution in [3.05, 3.63) is 0 Å². The van der Waals surface area contributed by atoms with Gasteiger partial charge in [0.2, 0.25) is 0 Å². The van der Waals surface area contributed by atoms with Crippen molar-refractivity contribution in [2.45, 2.75) is 0 Å². The van der Waals surface area contributed by atoms with Crippen LogP contribution in [0.3, 0.4) is 0 Å². The zero-order valence-corrected chi connectivity index (χ0v) is 5.82. The van der Waals surface area contributed by atoms with Crippen LogP contribution in [0.1, 0.15) is 0 Å². The van der Waals surface area contributed by atoms with E-state index in [4.69, 9.17) is 0 Å². The summed E-state index contributed by atoms with van der Waals surface area (Å²) in [6.45, 7) is 0. The molecule has 0 heterocycles. The number of nitrogens with two attached hydrogens (primary N) is 1. The van der Waals surface area contributed by atoms with E-state index in [1.54, 1.807) is 0 Å². The second kappa shape index (κ2) is 1030. The van der Waals surface area contributed by atoms with Gasteiger partial charge in [-0.2, -0.15) is 0 Å². The summed E-state index contributed by atoms with van der Waals surface area (Å²) in [6, 6.07) is 0. The summed E-state index contributed by atoms with van der Waals surface area (Å²) in [4.78, 5) is 0. The Morgan fingerprint density at radius 1 is 0.571 bits per heavy atom. The molecule has 0 aromatic rings. The van der Waals surface area contributed by atoms with E-state index in [0.717, 1.165) is 23.3 Å². The van der Waals surface area contributed by atoms with Crippen molar-refractivity contribution in [2.24, 2.45) is 3.89 Å². The second-order valence-electron chi connectivity index (χ2n) is 0. The van der Waals surface area contributed by atoms with Crippen LogP contribution < -0.4 is 27.4 Å². The summed E-state index contributed by atoms with van der Waals surface area (Å²) in [5.41, 5.74) is 0. The Morgan fingerprint density at radius 3 is 0.571 bits per heavy atom. The Kier molecular flexibility index (Phi) is 22200. The summed E-state index contributed by atoms with van der Waals surface area (Å²) in [5, 5.41) is 0. The molecule has 0 rings (SSSR count). The predicted molar refractivity (Wildman–Crippen MR) is 11.3 cm³/mol. The molecule has 0 atom stereocenters. The Hall–Kier alpha value is 0.428. The predicted octanol–water partition coefficient (Wildman–Crippen LogP) is -16.2. The molecule has 0 aliphatic carbocycles. The number of rotatable bonds is 0. The van der Waals surface area contributed by atoms with Crippen LogP contribution in [0.5, 0.6) is 0 Å². The topological polar surface area (TPSA) is 26.0 Å². The van der Waals surface area contributed by atoms with Crippen LogP contribution in [0.2, 0.25) is 0 Å². The molecule has 2 N–H and O–H groups in total. The molecule has 0 bridgehead atoms. The van der Waals surface area contributed by atoms with Gasteiger partial charge in [0.15, 0.2) is 0 Å². The molecule has 0 spiro atoms. The molecule has 0 saturated carbocycles. The third kappa shape index (κ3) is 688. The molecule has 0 saturated heterocycles. The van der Waals surface area contributed by atoms with Gasteiger partial charge in [0.25, 0.3) is 0 Å². The van der Waals surface area contributed by atoms with E-state index >= 15 is 0 Å². The molecule has 6 radical (unpaired) electrons. The fourth-order valence-corrected chi connectivity index (χ4v) is 0. The van der Waals surface area contributed by atoms with Crippen molar-refractivity contribution in [1.29, 1.82) is 0 Å². The van der Waals surface area contributed by atoms with Crippen LogP contribution in [0.15, 0.2) is 0 Å². The van der Waals surface area contributed by atoms with Crippen molar-refractivity contribution < 1.29 is 23.5 Å². The maximum atomic E-state index is 4.59. The molecule has 0 amide bonds. The summed E-state index contributed by atoms with van der Waals surface area (Å²) < 4.78 is 4.59. The van der Waals surface area contributed by atoms with E-state index in [1.807, 2.05) is 0 Å². The second-order valence-corrected chi connectivity index (χ2v) is 0. The van der Waals surface area contributed by atoms with E-state index in [-0.39, 0.29) is 23.5 Å². The molecular formula is H3F5NSb. The summed E-state index contributed by atoms with van der Waals surface area (Å²) in [7, 11) is 0. The Balaban J connectivity index is -0.000000000500. The number of halogens is 5. The van der Waals surface area contributed by atoms with E-state index < -0.39 is 0 Å². The zero-order valence-electron chi connectivity index (χ0n) is 2.97. The standard InChI is InChI=1S/5FH.H2N.Sb.H/h5*1H;1H2;;/q;;;;;-1;+6;/p-5. The van der Waals surface area contributed by atoms with E-state index in [2.05, 4.69) is 3.89 Å². The minimum absolute atomic E-state index is 0. The van der Waals surface area contributed by atoms with Gasteiger partial charge in [-0.25, -0.2) is 0 Å². The van der Waals surface area contributed by atoms with Crippen LogP contribution in [-0.4, -0.2) is 23.3 Å². The van der Waals surface area contributed by atoms with Crippen molar-refractivity contribution in [3.8, 4) is 0 Å². The number of hydrogen-bond acceptors (Lipinski definition) is 1. The van der Waals surface area contributed by atoms with Crippen LogP contribution in [-0.2, 0) is 0 Å². The van der Waals surface area contributed by atoms with Gasteiger partial charge >= 0.3 is 27.2 Å². The molecule has 48 valence electrons. The van der Waals surface area contributed by atoms with Crippen LogP contribution in [0.4, 0.5) is 0 Å². The molecule has 0 aromatic heterocycles. The first-order valence-electron chi connectivity index (χ1n) is 0.289. The van der Waals surface area contributed by atoms with Crippen molar-refractivity contribution in [3.63, 3.8) is 0 Å². The van der Waals surface area contributed by atoms with Gasteiger partial charge < -0.3 is 23.5 Å². The monoisotopic (exact) mass is 233 g/mol. The molecule has 0 fully saturated rings. The third-order valence-corrected chi connectivity index (χ3v) is 0. The molecule has 0 aliphatic rings. The van der Waals surface area contributed by atoms with Crippen molar-refractivity contribution in [1.82, 2.24) is 0 Å². The van der Waals surface area contributed by atoms with E-state index in [1.165, 1.54) is 0 Å². The zero-order chi connectivity index (χ0) is 2.00. The molecule has 0 aliphatic heterocycles. The van der Waals surface area contributed by atoms with Gasteiger partial charge in [0.1, 0.15) is 0 Å². The van der Waals surface area contributed by atoms with Gasteiger partial charge in [0, 0.05) is 0 Å². The van der Waals surface area contributed by atoms with Gasteiger partial charge in [-0.3, -0.25) is 0 Å². The van der Waals surface area contributed by atoms with Gasteiger partial charge in [-0.1, -0.05) is 0 Å². The summed E-state index contributed by atoms with van der Waals surface area (Å²) in [5.74, 6) is 0. The average Bonchev–Trinajstić information content (AvgIpc) is 1.00. The molecule has 7 heavy (non-hydrogen) atoms. The molecule has 1 nitrogen and oxygen atoms in total. The average molecular weight is 234 g/mol. The fraction of sp³-hybridized carbons (Fsp3) is 0. The fourth-order valence-electron chi connectivity index (χ4n) is 0. The SMILES string of the molecule is [F-].[F-].[F-].[F-].[F-].[NH2][SbH+5]. The Bertz CT molecular complexity index is 8.04. The Morgan fingerprint density at radius 2 is 0.571 bits per heavy atom. The van der Waals surface area contributed by atoms with Gasteiger partial charge in [0.05, 0.1) is 0 Å². The van der Waals surface area contributed by atoms with E-state index in [9.17, 15) is 0 Å². The first kappa shape index (κ1) is 150. The Labute approximate surface area is 51.3 Å². The first-order chi connectivity index (χ1) is 1.00. The minimum atomic E-state index is 0. The molecule has 0 aromatic carbocycles. The maximum absolute atomic E-state index is 4.59. The van der Waals surface area contributed by atoms with Gasteiger partial charge in [-0.15, -0.1) is 0 Å². The molecular weight excluding hydrogens is 231 g/mol. The van der Waals surface area contributed by atoms with Crippen LogP contribution >= 0.6 is 0 Å². The third-order valence-electron chi connectivity index (χ3n) is 0. The quantitative estimate of drug-likeness (QED) is 0.327.